The van der Waals surface area contributed by atoms with Gasteiger partial charge in [0.15, 0.2) is 5.75 Å². The van der Waals surface area contributed by atoms with Crippen LogP contribution in [-0.4, -0.2) is 37.2 Å². The molecule has 6 rings (SSSR count). The van der Waals surface area contributed by atoms with Crippen molar-refractivity contribution >= 4 is 38.7 Å². The molecule has 1 aromatic heterocycles. The van der Waals surface area contributed by atoms with Gasteiger partial charge in [-0.1, -0.05) is 43.3 Å². The summed E-state index contributed by atoms with van der Waals surface area (Å²) in [6.07, 6.45) is 6.83. The van der Waals surface area contributed by atoms with Gasteiger partial charge in [0.25, 0.3) is 5.91 Å². The SMILES string of the molecule is CCn1c(C2=CN(c3cc(C(=O)Nc4cc(C5(C)CC5)cc(NS(C)(=O)=O)c4OC)ccc3C)NN2)cnc1-c1ccccc1. The number of amides is 1. The van der Waals surface area contributed by atoms with Gasteiger partial charge in [-0.15, -0.1) is 5.53 Å². The Balaban J connectivity index is 1.29. The number of benzene rings is 3. The summed E-state index contributed by atoms with van der Waals surface area (Å²) in [5, 5.41) is 4.80. The zero-order valence-corrected chi connectivity index (χ0v) is 26.7. The molecule has 4 N–H and O–H groups in total. The molecule has 0 radical (unpaired) electrons. The number of sulfonamides is 1. The van der Waals surface area contributed by atoms with Crippen molar-refractivity contribution in [3.63, 3.8) is 0 Å². The number of carbonyl (C=O) groups excluding carboxylic acids is 1. The molecule has 234 valence electrons. The first-order chi connectivity index (χ1) is 21.5. The van der Waals surface area contributed by atoms with Gasteiger partial charge in [0.1, 0.15) is 5.82 Å². The fourth-order valence-electron chi connectivity index (χ4n) is 5.55. The molecule has 1 aliphatic carbocycles. The van der Waals surface area contributed by atoms with Gasteiger partial charge in [0.2, 0.25) is 10.0 Å². The summed E-state index contributed by atoms with van der Waals surface area (Å²) in [7, 11) is -2.13. The van der Waals surface area contributed by atoms with Crippen LogP contribution in [0, 0.1) is 6.92 Å². The number of hydrazine groups is 2. The second kappa shape index (κ2) is 11.6. The molecular formula is C33H37N7O4S. The number of methoxy groups -OCH3 is 1. The summed E-state index contributed by atoms with van der Waals surface area (Å²) >= 11 is 0. The highest BCUT2D eigenvalue weighted by molar-refractivity contribution is 7.92. The number of carbonyl (C=O) groups is 1. The van der Waals surface area contributed by atoms with Crippen LogP contribution < -0.4 is 30.7 Å². The standard InChI is InChI=1S/C33H37N7O4S/c1-6-39-29(19-34-31(39)22-10-8-7-9-11-22)27-20-40(38-36-27)28-16-23(13-12-21(28)2)32(41)35-25-17-24(33(3)14-15-33)18-26(30(25)44-4)37-45(5,42)43/h7-13,16-20,36-38H,6,14-15H2,1-5H3,(H,35,41). The molecule has 4 aromatic rings. The highest BCUT2D eigenvalue weighted by atomic mass is 32.2. The maximum Gasteiger partial charge on any atom is 0.255 e. The Hall–Kier alpha value is -4.81. The first kappa shape index (κ1) is 30.2. The van der Waals surface area contributed by atoms with E-state index in [1.165, 1.54) is 7.11 Å². The zero-order valence-electron chi connectivity index (χ0n) is 25.9. The van der Waals surface area contributed by atoms with Gasteiger partial charge in [0, 0.05) is 17.7 Å². The van der Waals surface area contributed by atoms with Gasteiger partial charge in [0.05, 0.1) is 54.2 Å². The van der Waals surface area contributed by atoms with Crippen molar-refractivity contribution in [3.8, 4) is 17.1 Å². The third-order valence-electron chi connectivity index (χ3n) is 8.31. The lowest BCUT2D eigenvalue weighted by Gasteiger charge is -2.20. The molecule has 1 amide bonds. The summed E-state index contributed by atoms with van der Waals surface area (Å²) in [4.78, 5) is 18.3. The second-order valence-electron chi connectivity index (χ2n) is 11.7. The molecule has 2 aliphatic rings. The molecule has 2 heterocycles. The fraction of sp³-hybridized carbons (Fsp3) is 0.273. The molecule has 0 atom stereocenters. The van der Waals surface area contributed by atoms with Gasteiger partial charge in [-0.05, 0) is 67.5 Å². The summed E-state index contributed by atoms with van der Waals surface area (Å²) in [5.74, 6) is 0.773. The Morgan fingerprint density at radius 2 is 1.82 bits per heavy atom. The summed E-state index contributed by atoms with van der Waals surface area (Å²) < 4.78 is 34.5. The Labute approximate surface area is 263 Å². The number of hydrogen-bond donors (Lipinski definition) is 4. The highest BCUT2D eigenvalue weighted by Crippen LogP contribution is 2.51. The third kappa shape index (κ3) is 6.11. The van der Waals surface area contributed by atoms with Crippen molar-refractivity contribution in [2.45, 2.75) is 45.6 Å². The number of nitrogens with one attached hydrogen (secondary N) is 4. The van der Waals surface area contributed by atoms with Crippen molar-refractivity contribution in [2.75, 3.05) is 28.4 Å². The van der Waals surface area contributed by atoms with Crippen LogP contribution in [0.15, 0.2) is 73.1 Å². The van der Waals surface area contributed by atoms with E-state index in [0.29, 0.717) is 11.3 Å². The van der Waals surface area contributed by atoms with Crippen LogP contribution >= 0.6 is 0 Å². The molecular weight excluding hydrogens is 590 g/mol. The number of aryl methyl sites for hydroxylation is 1. The van der Waals surface area contributed by atoms with Crippen LogP contribution in [0.3, 0.4) is 0 Å². The van der Waals surface area contributed by atoms with Crippen LogP contribution in [0.4, 0.5) is 17.1 Å². The van der Waals surface area contributed by atoms with Crippen molar-refractivity contribution in [1.82, 2.24) is 20.5 Å². The van der Waals surface area contributed by atoms with Crippen molar-refractivity contribution in [3.05, 3.63) is 95.4 Å². The Bertz CT molecular complexity index is 1910. The number of anilines is 3. The minimum Gasteiger partial charge on any atom is -0.492 e. The maximum atomic E-state index is 13.7. The summed E-state index contributed by atoms with van der Waals surface area (Å²) in [6, 6.07) is 19.2. The van der Waals surface area contributed by atoms with E-state index in [4.69, 9.17) is 9.72 Å². The van der Waals surface area contributed by atoms with Crippen LogP contribution in [0.1, 0.15) is 53.9 Å². The van der Waals surface area contributed by atoms with Gasteiger partial charge in [-0.2, -0.15) is 0 Å². The number of ether oxygens (including phenoxy) is 1. The zero-order chi connectivity index (χ0) is 31.9. The normalized spacial score (nSPS) is 15.3. The predicted molar refractivity (Wildman–Crippen MR) is 177 cm³/mol. The minimum absolute atomic E-state index is 0.0792. The predicted octanol–water partition coefficient (Wildman–Crippen LogP) is 5.39. The summed E-state index contributed by atoms with van der Waals surface area (Å²) in [5.41, 5.74) is 12.9. The average molecular weight is 628 g/mol. The van der Waals surface area contributed by atoms with E-state index in [-0.39, 0.29) is 22.8 Å². The first-order valence-corrected chi connectivity index (χ1v) is 16.6. The van der Waals surface area contributed by atoms with E-state index in [1.807, 2.05) is 66.8 Å². The number of nitrogens with zero attached hydrogens (tertiary/aromatic N) is 3. The molecule has 1 fully saturated rings. The maximum absolute atomic E-state index is 13.7. The quantitative estimate of drug-likeness (QED) is 0.184. The molecule has 1 saturated carbocycles. The second-order valence-corrected chi connectivity index (χ2v) is 13.5. The molecule has 3 aromatic carbocycles. The van der Waals surface area contributed by atoms with Crippen molar-refractivity contribution in [1.29, 1.82) is 0 Å². The number of imidazole rings is 1. The van der Waals surface area contributed by atoms with Gasteiger partial charge < -0.3 is 14.6 Å². The van der Waals surface area contributed by atoms with Crippen LogP contribution in [0.2, 0.25) is 0 Å². The lowest BCUT2D eigenvalue weighted by molar-refractivity contribution is 0.102. The summed E-state index contributed by atoms with van der Waals surface area (Å²) in [6.45, 7) is 6.91. The largest absolute Gasteiger partial charge is 0.492 e. The van der Waals surface area contributed by atoms with Crippen LogP contribution in [0.25, 0.3) is 17.1 Å². The van der Waals surface area contributed by atoms with E-state index < -0.39 is 10.0 Å². The molecule has 1 aliphatic heterocycles. The smallest absolute Gasteiger partial charge is 0.255 e. The Morgan fingerprint density at radius 3 is 2.49 bits per heavy atom. The first-order valence-electron chi connectivity index (χ1n) is 14.8. The third-order valence-corrected chi connectivity index (χ3v) is 8.90. The minimum atomic E-state index is -3.58. The average Bonchev–Trinajstić information content (AvgIpc) is 3.38. The molecule has 11 nitrogen and oxygen atoms in total. The number of hydrogen-bond acceptors (Lipinski definition) is 8. The molecule has 12 heteroatoms. The topological polar surface area (TPSA) is 130 Å². The molecule has 0 spiro atoms. The highest BCUT2D eigenvalue weighted by Gasteiger charge is 2.40. The molecule has 0 unspecified atom stereocenters. The molecule has 45 heavy (non-hydrogen) atoms. The Morgan fingerprint density at radius 1 is 1.09 bits per heavy atom. The van der Waals surface area contributed by atoms with E-state index in [2.05, 4.69) is 39.4 Å². The van der Waals surface area contributed by atoms with Crippen molar-refractivity contribution in [2.24, 2.45) is 0 Å². The van der Waals surface area contributed by atoms with E-state index >= 15 is 0 Å². The van der Waals surface area contributed by atoms with E-state index in [0.717, 1.165) is 65.2 Å². The molecule has 0 saturated heterocycles. The van der Waals surface area contributed by atoms with Crippen molar-refractivity contribution < 1.29 is 17.9 Å². The number of aromatic nitrogens is 2. The van der Waals surface area contributed by atoms with E-state index in [1.54, 1.807) is 18.2 Å². The van der Waals surface area contributed by atoms with Crippen LogP contribution in [0.5, 0.6) is 5.75 Å². The monoisotopic (exact) mass is 627 g/mol. The van der Waals surface area contributed by atoms with Gasteiger partial charge >= 0.3 is 0 Å². The van der Waals surface area contributed by atoms with Gasteiger partial charge in [-0.25, -0.2) is 13.4 Å². The molecule has 0 bridgehead atoms. The van der Waals surface area contributed by atoms with Crippen LogP contribution in [-0.2, 0) is 22.0 Å². The lowest BCUT2D eigenvalue weighted by Crippen LogP contribution is -2.36. The fourth-order valence-corrected chi connectivity index (χ4v) is 6.10. The number of rotatable bonds is 10. The van der Waals surface area contributed by atoms with Gasteiger partial charge in [-0.3, -0.25) is 20.0 Å². The van der Waals surface area contributed by atoms with E-state index in [9.17, 15) is 13.2 Å². The lowest BCUT2D eigenvalue weighted by atomic mass is 9.96. The Kier molecular flexibility index (Phi) is 7.79.